The van der Waals surface area contributed by atoms with E-state index in [0.717, 1.165) is 72.4 Å². The van der Waals surface area contributed by atoms with Gasteiger partial charge in [0.25, 0.3) is 0 Å². The van der Waals surface area contributed by atoms with Crippen LogP contribution in [0.25, 0.3) is 77.8 Å². The molecule has 0 saturated heterocycles. The Morgan fingerprint density at radius 2 is 0.977 bits per heavy atom. The van der Waals surface area contributed by atoms with Crippen LogP contribution >= 0.6 is 0 Å². The van der Waals surface area contributed by atoms with Gasteiger partial charge in [0.15, 0.2) is 0 Å². The zero-order chi connectivity index (χ0) is 29.0. The SMILES string of the molecule is c1cc(-c2cccc(-c3cccc(-n4c5ccccc5c5cnccc54)n3)n2)cc(-n2c3ccccc3c3cnccc32)c1. The van der Waals surface area contributed by atoms with Crippen molar-refractivity contribution in [1.82, 2.24) is 29.1 Å². The Balaban J connectivity index is 1.15. The molecule has 0 saturated carbocycles. The van der Waals surface area contributed by atoms with Crippen molar-refractivity contribution in [3.63, 3.8) is 0 Å². The lowest BCUT2D eigenvalue weighted by atomic mass is 10.1. The summed E-state index contributed by atoms with van der Waals surface area (Å²) in [4.78, 5) is 19.0. The molecule has 9 rings (SSSR count). The lowest BCUT2D eigenvalue weighted by Gasteiger charge is -2.11. The van der Waals surface area contributed by atoms with E-state index in [-0.39, 0.29) is 0 Å². The van der Waals surface area contributed by atoms with Crippen molar-refractivity contribution in [2.24, 2.45) is 0 Å². The van der Waals surface area contributed by atoms with E-state index in [4.69, 9.17) is 9.97 Å². The Morgan fingerprint density at radius 1 is 0.409 bits per heavy atom. The van der Waals surface area contributed by atoms with Gasteiger partial charge in [-0.3, -0.25) is 14.5 Å². The van der Waals surface area contributed by atoms with Gasteiger partial charge in [0.05, 0.1) is 39.1 Å². The van der Waals surface area contributed by atoms with E-state index in [1.165, 1.54) is 5.39 Å². The maximum absolute atomic E-state index is 5.12. The molecule has 0 amide bonds. The first-order valence-corrected chi connectivity index (χ1v) is 14.6. The first kappa shape index (κ1) is 24.5. The second-order valence-corrected chi connectivity index (χ2v) is 10.8. The van der Waals surface area contributed by atoms with Crippen LogP contribution in [0.15, 0.2) is 146 Å². The van der Waals surface area contributed by atoms with Gasteiger partial charge >= 0.3 is 0 Å². The number of pyridine rings is 4. The molecule has 9 aromatic rings. The van der Waals surface area contributed by atoms with Crippen molar-refractivity contribution in [2.45, 2.75) is 0 Å². The van der Waals surface area contributed by atoms with Crippen LogP contribution in [0.1, 0.15) is 0 Å². The number of para-hydroxylation sites is 2. The average Bonchev–Trinajstić information content (AvgIpc) is 3.62. The van der Waals surface area contributed by atoms with Gasteiger partial charge in [0, 0.05) is 57.6 Å². The molecule has 0 fully saturated rings. The minimum atomic E-state index is 0.815. The van der Waals surface area contributed by atoms with Gasteiger partial charge in [-0.2, -0.15) is 0 Å². The Labute approximate surface area is 252 Å². The molecule has 0 unspecified atom stereocenters. The van der Waals surface area contributed by atoms with Gasteiger partial charge in [-0.05, 0) is 60.7 Å². The number of fused-ring (bicyclic) bond motifs is 6. The summed E-state index contributed by atoms with van der Waals surface area (Å²) in [7, 11) is 0. The fraction of sp³-hybridized carbons (Fsp3) is 0. The number of hydrogen-bond donors (Lipinski definition) is 0. The van der Waals surface area contributed by atoms with Crippen LogP contribution < -0.4 is 0 Å². The molecule has 0 aliphatic carbocycles. The Bertz CT molecular complexity index is 2240. The van der Waals surface area contributed by atoms with E-state index in [0.29, 0.717) is 0 Å². The Kier molecular flexibility index (Phi) is 5.40. The third-order valence-electron chi connectivity index (χ3n) is 8.32. The largest absolute Gasteiger partial charge is 0.309 e. The van der Waals surface area contributed by atoms with Crippen molar-refractivity contribution in [1.29, 1.82) is 0 Å². The van der Waals surface area contributed by atoms with E-state index in [2.05, 4.69) is 110 Å². The maximum atomic E-state index is 5.12. The fourth-order valence-electron chi connectivity index (χ4n) is 6.39. The molecule has 0 radical (unpaired) electrons. The lowest BCUT2D eigenvalue weighted by Crippen LogP contribution is -1.99. The highest BCUT2D eigenvalue weighted by atomic mass is 15.1. The van der Waals surface area contributed by atoms with Crippen molar-refractivity contribution in [3.8, 4) is 34.2 Å². The highest BCUT2D eigenvalue weighted by Crippen LogP contribution is 2.34. The molecule has 0 atom stereocenters. The summed E-state index contributed by atoms with van der Waals surface area (Å²) >= 11 is 0. The number of nitrogens with zero attached hydrogens (tertiary/aromatic N) is 6. The van der Waals surface area contributed by atoms with Gasteiger partial charge < -0.3 is 4.57 Å². The summed E-state index contributed by atoms with van der Waals surface area (Å²) in [6.07, 6.45) is 7.55. The fourth-order valence-corrected chi connectivity index (χ4v) is 6.39. The molecular formula is C38H24N6. The second-order valence-electron chi connectivity index (χ2n) is 10.8. The second kappa shape index (κ2) is 9.71. The van der Waals surface area contributed by atoms with Crippen molar-refractivity contribution in [3.05, 3.63) is 146 Å². The summed E-state index contributed by atoms with van der Waals surface area (Å²) in [5, 5.41) is 4.59. The molecule has 6 heterocycles. The minimum absolute atomic E-state index is 0.815. The summed E-state index contributed by atoms with van der Waals surface area (Å²) in [6, 6.07) is 41.8. The topological polar surface area (TPSA) is 61.4 Å². The van der Waals surface area contributed by atoms with Gasteiger partial charge in [-0.25, -0.2) is 9.97 Å². The summed E-state index contributed by atoms with van der Waals surface area (Å²) in [5.41, 5.74) is 9.09. The molecule has 6 aromatic heterocycles. The Morgan fingerprint density at radius 3 is 1.73 bits per heavy atom. The van der Waals surface area contributed by atoms with Crippen LogP contribution in [0.5, 0.6) is 0 Å². The van der Waals surface area contributed by atoms with Crippen LogP contribution in [0.3, 0.4) is 0 Å². The van der Waals surface area contributed by atoms with E-state index >= 15 is 0 Å². The zero-order valence-corrected chi connectivity index (χ0v) is 23.5. The molecule has 44 heavy (non-hydrogen) atoms. The van der Waals surface area contributed by atoms with E-state index in [1.807, 2.05) is 55.1 Å². The number of rotatable bonds is 4. The third-order valence-corrected chi connectivity index (χ3v) is 8.32. The summed E-state index contributed by atoms with van der Waals surface area (Å²) in [6.45, 7) is 0. The molecular weight excluding hydrogens is 540 g/mol. The van der Waals surface area contributed by atoms with Crippen LogP contribution in [-0.2, 0) is 0 Å². The van der Waals surface area contributed by atoms with Gasteiger partial charge in [0.2, 0.25) is 0 Å². The standard InChI is InChI=1S/C38H24N6/c1-3-15-34-27(10-1)29-23-39-20-18-36(29)43(34)26-9-5-8-25(22-26)31-12-6-13-32(41-31)33-14-7-17-38(42-33)44-35-16-4-2-11-28(35)30-24-40-21-19-37(30)44/h1-24H. The van der Waals surface area contributed by atoms with Gasteiger partial charge in [-0.1, -0.05) is 60.7 Å². The molecule has 0 aliphatic heterocycles. The average molecular weight is 565 g/mol. The Hall–Kier alpha value is -6.14. The third kappa shape index (κ3) is 3.75. The molecule has 0 bridgehead atoms. The van der Waals surface area contributed by atoms with E-state index in [1.54, 1.807) is 0 Å². The lowest BCUT2D eigenvalue weighted by molar-refractivity contribution is 1.08. The van der Waals surface area contributed by atoms with Crippen LogP contribution in [0.2, 0.25) is 0 Å². The summed E-state index contributed by atoms with van der Waals surface area (Å²) < 4.78 is 4.50. The van der Waals surface area contributed by atoms with Crippen molar-refractivity contribution in [2.75, 3.05) is 0 Å². The highest BCUT2D eigenvalue weighted by Gasteiger charge is 2.15. The van der Waals surface area contributed by atoms with E-state index < -0.39 is 0 Å². The number of aromatic nitrogens is 6. The normalized spacial score (nSPS) is 11.6. The quantitative estimate of drug-likeness (QED) is 0.214. The van der Waals surface area contributed by atoms with Crippen LogP contribution in [-0.4, -0.2) is 29.1 Å². The maximum Gasteiger partial charge on any atom is 0.138 e. The molecule has 0 spiro atoms. The molecule has 206 valence electrons. The van der Waals surface area contributed by atoms with Gasteiger partial charge in [0.1, 0.15) is 5.82 Å². The number of hydrogen-bond acceptors (Lipinski definition) is 4. The van der Waals surface area contributed by atoms with Crippen LogP contribution in [0, 0.1) is 0 Å². The minimum Gasteiger partial charge on any atom is -0.309 e. The van der Waals surface area contributed by atoms with Gasteiger partial charge in [-0.15, -0.1) is 0 Å². The first-order chi connectivity index (χ1) is 21.8. The van der Waals surface area contributed by atoms with Crippen molar-refractivity contribution >= 4 is 43.6 Å². The predicted molar refractivity (Wildman–Crippen MR) is 177 cm³/mol. The molecule has 3 aromatic carbocycles. The summed E-state index contributed by atoms with van der Waals surface area (Å²) in [5.74, 6) is 0.843. The molecule has 0 N–H and O–H groups in total. The van der Waals surface area contributed by atoms with Crippen molar-refractivity contribution < 1.29 is 0 Å². The molecule has 6 nitrogen and oxygen atoms in total. The van der Waals surface area contributed by atoms with E-state index in [9.17, 15) is 0 Å². The smallest absolute Gasteiger partial charge is 0.138 e. The highest BCUT2D eigenvalue weighted by molar-refractivity contribution is 6.09. The predicted octanol–water partition coefficient (Wildman–Crippen LogP) is 8.79. The monoisotopic (exact) mass is 564 g/mol. The number of benzene rings is 3. The molecule has 6 heteroatoms. The zero-order valence-electron chi connectivity index (χ0n) is 23.5. The molecule has 0 aliphatic rings. The van der Waals surface area contributed by atoms with Crippen LogP contribution in [0.4, 0.5) is 0 Å². The first-order valence-electron chi connectivity index (χ1n) is 14.6.